The highest BCUT2D eigenvalue weighted by Crippen LogP contribution is 2.24. The van der Waals surface area contributed by atoms with E-state index in [4.69, 9.17) is 15.7 Å². The normalized spacial score (nSPS) is 11.3. The molecule has 0 spiro atoms. The van der Waals surface area contributed by atoms with Crippen molar-refractivity contribution in [2.75, 3.05) is 12.3 Å². The van der Waals surface area contributed by atoms with Crippen LogP contribution in [0.15, 0.2) is 47.8 Å². The topological polar surface area (TPSA) is 97.8 Å². The monoisotopic (exact) mass is 313 g/mol. The molecule has 0 atom stereocenters. The highest BCUT2D eigenvalue weighted by molar-refractivity contribution is 6.02. The van der Waals surface area contributed by atoms with Crippen LogP contribution < -0.4 is 5.73 Å². The number of nitrogens with zero attached hydrogens (tertiary/aromatic N) is 2. The molecule has 1 heterocycles. The lowest BCUT2D eigenvalue weighted by molar-refractivity contribution is -0.142. The van der Waals surface area contributed by atoms with Crippen LogP contribution in [0.25, 0.3) is 11.3 Å². The van der Waals surface area contributed by atoms with E-state index >= 15 is 0 Å². The number of hydrogen-bond donors (Lipinski definition) is 2. The van der Waals surface area contributed by atoms with E-state index < -0.39 is 0 Å². The summed E-state index contributed by atoms with van der Waals surface area (Å²) in [5.74, 6) is -0.338. The number of hydrogen-bond acceptors (Lipinski definition) is 6. The van der Waals surface area contributed by atoms with Gasteiger partial charge in [-0.1, -0.05) is 35.5 Å². The highest BCUT2D eigenvalue weighted by atomic mass is 16.5. The third-order valence-electron chi connectivity index (χ3n) is 3.29. The molecule has 1 aromatic carbocycles. The molecule has 0 unspecified atom stereocenters. The van der Waals surface area contributed by atoms with Crippen molar-refractivity contribution in [3.8, 4) is 11.3 Å². The van der Waals surface area contributed by atoms with Crippen molar-refractivity contribution in [3.05, 3.63) is 48.2 Å². The lowest BCUT2D eigenvalue weighted by Crippen LogP contribution is -2.10. The summed E-state index contributed by atoms with van der Waals surface area (Å²) in [6.07, 6.45) is 1.97. The van der Waals surface area contributed by atoms with Gasteiger partial charge >= 0.3 is 5.97 Å². The van der Waals surface area contributed by atoms with E-state index in [9.17, 15) is 4.79 Å². The average molecular weight is 313 g/mol. The van der Waals surface area contributed by atoms with Crippen LogP contribution in [0.4, 0.5) is 5.69 Å². The second-order valence-corrected chi connectivity index (χ2v) is 4.88. The van der Waals surface area contributed by atoms with Crippen molar-refractivity contribution >= 4 is 17.4 Å². The Kier molecular flexibility index (Phi) is 5.68. The van der Waals surface area contributed by atoms with Gasteiger partial charge in [-0.15, -0.1) is 0 Å². The second-order valence-electron chi connectivity index (χ2n) is 4.88. The van der Waals surface area contributed by atoms with Gasteiger partial charge in [0.05, 0.1) is 30.1 Å². The fraction of sp³-hybridized carbons (Fsp3) is 0.235. The summed E-state index contributed by atoms with van der Waals surface area (Å²) >= 11 is 0. The maximum atomic E-state index is 11.4. The number of carbonyl (C=O) groups is 1. The molecular formula is C17H19N3O3. The van der Waals surface area contributed by atoms with Crippen LogP contribution in [0.2, 0.25) is 0 Å². The smallest absolute Gasteiger partial charge is 0.306 e. The standard InChI is InChI=1S/C17H19N3O3/c1-2-23-16(21)9-8-15(20-22)13-10-14(18)17(19-11-13)12-6-4-3-5-7-12/h3-7,10-11,22H,2,8-9,18H2,1H3/b20-15-. The van der Waals surface area contributed by atoms with Gasteiger partial charge in [0.25, 0.3) is 0 Å². The zero-order valence-electron chi connectivity index (χ0n) is 12.9. The van der Waals surface area contributed by atoms with Crippen LogP contribution in [0.1, 0.15) is 25.3 Å². The summed E-state index contributed by atoms with van der Waals surface area (Å²) in [5, 5.41) is 12.4. The van der Waals surface area contributed by atoms with Crippen molar-refractivity contribution in [2.24, 2.45) is 5.16 Å². The lowest BCUT2D eigenvalue weighted by Gasteiger charge is -2.09. The lowest BCUT2D eigenvalue weighted by atomic mass is 10.0. The Balaban J connectivity index is 2.17. The largest absolute Gasteiger partial charge is 0.466 e. The molecule has 2 aromatic rings. The number of nitrogen functional groups attached to an aromatic ring is 1. The molecule has 6 nitrogen and oxygen atoms in total. The third-order valence-corrected chi connectivity index (χ3v) is 3.29. The van der Waals surface area contributed by atoms with E-state index in [1.165, 1.54) is 0 Å². The summed E-state index contributed by atoms with van der Waals surface area (Å²) in [5.41, 5.74) is 9.03. The first-order chi connectivity index (χ1) is 11.2. The SMILES string of the molecule is CCOC(=O)CC/C(=N/O)c1cnc(-c2ccccc2)c(N)c1. The van der Waals surface area contributed by atoms with Crippen molar-refractivity contribution < 1.29 is 14.7 Å². The minimum atomic E-state index is -0.338. The van der Waals surface area contributed by atoms with E-state index in [1.54, 1.807) is 19.2 Å². The third kappa shape index (κ3) is 4.29. The number of pyridine rings is 1. The summed E-state index contributed by atoms with van der Waals surface area (Å²) in [6, 6.07) is 11.3. The first-order valence-electron chi connectivity index (χ1n) is 7.33. The van der Waals surface area contributed by atoms with Gasteiger partial charge in [-0.05, 0) is 13.0 Å². The Morgan fingerprint density at radius 2 is 2.04 bits per heavy atom. The van der Waals surface area contributed by atoms with Crippen molar-refractivity contribution in [3.63, 3.8) is 0 Å². The number of ether oxygens (including phenoxy) is 1. The molecule has 0 bridgehead atoms. The van der Waals surface area contributed by atoms with E-state index in [0.717, 1.165) is 5.56 Å². The number of rotatable bonds is 6. The molecule has 3 N–H and O–H groups in total. The fourth-order valence-electron chi connectivity index (χ4n) is 2.18. The van der Waals surface area contributed by atoms with Crippen LogP contribution in [-0.4, -0.2) is 28.5 Å². The predicted octanol–water partition coefficient (Wildman–Crippen LogP) is 2.85. The van der Waals surface area contributed by atoms with Gasteiger partial charge in [0.2, 0.25) is 0 Å². The molecular weight excluding hydrogens is 294 g/mol. The molecule has 0 saturated carbocycles. The molecule has 0 aliphatic heterocycles. The summed E-state index contributed by atoms with van der Waals surface area (Å²) in [4.78, 5) is 15.7. The van der Waals surface area contributed by atoms with Gasteiger partial charge < -0.3 is 15.7 Å². The molecule has 1 aromatic heterocycles. The van der Waals surface area contributed by atoms with Crippen LogP contribution in [0, 0.1) is 0 Å². The van der Waals surface area contributed by atoms with Gasteiger partial charge in [0.15, 0.2) is 0 Å². The first-order valence-corrected chi connectivity index (χ1v) is 7.33. The first kappa shape index (κ1) is 16.5. The molecule has 23 heavy (non-hydrogen) atoms. The van der Waals surface area contributed by atoms with Gasteiger partial charge in [-0.25, -0.2) is 0 Å². The summed E-state index contributed by atoms with van der Waals surface area (Å²) in [6.45, 7) is 2.07. The molecule has 120 valence electrons. The second kappa shape index (κ2) is 7.93. The number of anilines is 1. The molecule has 0 aliphatic rings. The highest BCUT2D eigenvalue weighted by Gasteiger charge is 2.12. The van der Waals surface area contributed by atoms with E-state index in [-0.39, 0.29) is 18.8 Å². The predicted molar refractivity (Wildman–Crippen MR) is 88.3 cm³/mol. The van der Waals surface area contributed by atoms with Gasteiger partial charge in [0.1, 0.15) is 0 Å². The van der Waals surface area contributed by atoms with Gasteiger partial charge in [0, 0.05) is 23.7 Å². The zero-order valence-corrected chi connectivity index (χ0v) is 12.9. The van der Waals surface area contributed by atoms with E-state index in [0.29, 0.717) is 29.3 Å². The maximum Gasteiger partial charge on any atom is 0.306 e. The van der Waals surface area contributed by atoms with Crippen molar-refractivity contribution in [2.45, 2.75) is 19.8 Å². The van der Waals surface area contributed by atoms with Crippen LogP contribution in [0.5, 0.6) is 0 Å². The summed E-state index contributed by atoms with van der Waals surface area (Å²) < 4.78 is 4.86. The Bertz CT molecular complexity index is 699. The van der Waals surface area contributed by atoms with Crippen LogP contribution >= 0.6 is 0 Å². The summed E-state index contributed by atoms with van der Waals surface area (Å²) in [7, 11) is 0. The number of oxime groups is 1. The van der Waals surface area contributed by atoms with Crippen LogP contribution in [0.3, 0.4) is 0 Å². The Morgan fingerprint density at radius 1 is 1.30 bits per heavy atom. The van der Waals surface area contributed by atoms with Gasteiger partial charge in [-0.3, -0.25) is 9.78 Å². The molecule has 0 fully saturated rings. The van der Waals surface area contributed by atoms with E-state index in [1.807, 2.05) is 30.3 Å². The fourth-order valence-corrected chi connectivity index (χ4v) is 2.18. The number of aromatic nitrogens is 1. The Morgan fingerprint density at radius 3 is 2.65 bits per heavy atom. The average Bonchev–Trinajstić information content (AvgIpc) is 2.56. The number of esters is 1. The minimum Gasteiger partial charge on any atom is -0.466 e. The number of nitrogens with two attached hydrogens (primary N) is 1. The number of benzene rings is 1. The molecule has 0 saturated heterocycles. The molecule has 2 rings (SSSR count). The van der Waals surface area contributed by atoms with Crippen molar-refractivity contribution in [1.29, 1.82) is 0 Å². The quantitative estimate of drug-likeness (QED) is 0.370. The molecule has 0 aliphatic carbocycles. The van der Waals surface area contributed by atoms with Crippen LogP contribution in [-0.2, 0) is 9.53 Å². The zero-order chi connectivity index (χ0) is 16.7. The Labute approximate surface area is 134 Å². The molecule has 6 heteroatoms. The van der Waals surface area contributed by atoms with E-state index in [2.05, 4.69) is 10.1 Å². The molecule has 0 radical (unpaired) electrons. The maximum absolute atomic E-state index is 11.4. The number of carbonyl (C=O) groups excluding carboxylic acids is 1. The van der Waals surface area contributed by atoms with Gasteiger partial charge in [-0.2, -0.15) is 0 Å². The Hall–Kier alpha value is -2.89. The minimum absolute atomic E-state index is 0.133. The van der Waals surface area contributed by atoms with Crippen molar-refractivity contribution in [1.82, 2.24) is 4.98 Å². The molecule has 0 amide bonds.